The summed E-state index contributed by atoms with van der Waals surface area (Å²) in [6, 6.07) is 8.99. The van der Waals surface area contributed by atoms with Crippen molar-refractivity contribution in [1.82, 2.24) is 9.62 Å². The van der Waals surface area contributed by atoms with E-state index < -0.39 is 41.5 Å². The first-order valence-corrected chi connectivity index (χ1v) is 12.2. The van der Waals surface area contributed by atoms with E-state index in [9.17, 15) is 26.2 Å². The Hall–Kier alpha value is -2.90. The first kappa shape index (κ1) is 29.3. The quantitative estimate of drug-likeness (QED) is 0.236. The molecule has 0 aliphatic carbocycles. The molecule has 0 spiro atoms. The maximum absolute atomic E-state index is 15.0. The predicted molar refractivity (Wildman–Crippen MR) is 131 cm³/mol. The van der Waals surface area contributed by atoms with Gasteiger partial charge < -0.3 is 10.1 Å². The molecule has 1 aliphatic heterocycles. The summed E-state index contributed by atoms with van der Waals surface area (Å²) in [4.78, 5) is 0. The minimum atomic E-state index is -4.63. The van der Waals surface area contributed by atoms with Gasteiger partial charge >= 0.3 is 6.18 Å². The summed E-state index contributed by atoms with van der Waals surface area (Å²) < 4.78 is 87.3. The summed E-state index contributed by atoms with van der Waals surface area (Å²) in [5.41, 5.74) is 0.281. The van der Waals surface area contributed by atoms with E-state index in [1.807, 2.05) is 13.8 Å². The zero-order valence-electron chi connectivity index (χ0n) is 19.9. The van der Waals surface area contributed by atoms with Crippen molar-refractivity contribution in [2.45, 2.75) is 26.6 Å². The van der Waals surface area contributed by atoms with E-state index in [-0.39, 0.29) is 23.4 Å². The molecule has 0 amide bonds. The second-order valence-corrected chi connectivity index (χ2v) is 8.60. The van der Waals surface area contributed by atoms with Crippen LogP contribution in [-0.2, 0) is 22.5 Å². The van der Waals surface area contributed by atoms with Crippen LogP contribution < -0.4 is 9.62 Å². The molecular formula is C23H28F5N5O2S. The summed E-state index contributed by atoms with van der Waals surface area (Å²) in [6.07, 6.45) is -4.63. The van der Waals surface area contributed by atoms with E-state index in [1.165, 1.54) is 34.6 Å². The average molecular weight is 534 g/mol. The summed E-state index contributed by atoms with van der Waals surface area (Å²) in [5.74, 6) is -1.90. The van der Waals surface area contributed by atoms with Crippen LogP contribution in [0.5, 0.6) is 0 Å². The van der Waals surface area contributed by atoms with Gasteiger partial charge in [-0.3, -0.25) is 4.31 Å². The number of piperazine rings is 1. The first-order valence-electron chi connectivity index (χ1n) is 11.1. The van der Waals surface area contributed by atoms with Gasteiger partial charge in [-0.25, -0.2) is 17.3 Å². The maximum Gasteiger partial charge on any atom is 0.422 e. The Labute approximate surface area is 209 Å². The summed E-state index contributed by atoms with van der Waals surface area (Å²) >= 11 is -1.75. The van der Waals surface area contributed by atoms with Crippen LogP contribution in [-0.4, -0.2) is 60.1 Å². The second kappa shape index (κ2) is 14.0. The fourth-order valence-electron chi connectivity index (χ4n) is 3.16. The lowest BCUT2D eigenvalue weighted by Crippen LogP contribution is -2.48. The molecule has 0 bridgehead atoms. The monoisotopic (exact) mass is 533 g/mol. The van der Waals surface area contributed by atoms with Crippen molar-refractivity contribution in [3.63, 3.8) is 0 Å². The fraction of sp³-hybridized carbons (Fsp3) is 0.391. The minimum Gasteiger partial charge on any atom is -0.467 e. The molecule has 198 valence electrons. The Morgan fingerprint density at radius 3 is 2.44 bits per heavy atom. The van der Waals surface area contributed by atoms with Crippen LogP contribution in [0.3, 0.4) is 0 Å². The average Bonchev–Trinajstić information content (AvgIpc) is 2.86. The van der Waals surface area contributed by atoms with Crippen molar-refractivity contribution < 1.29 is 30.9 Å². The Bertz CT molecular complexity index is 1060. The van der Waals surface area contributed by atoms with Crippen molar-refractivity contribution in [2.24, 2.45) is 10.2 Å². The van der Waals surface area contributed by atoms with Crippen LogP contribution in [0.4, 0.5) is 27.6 Å². The topological polar surface area (TPSA) is 69.5 Å². The van der Waals surface area contributed by atoms with Crippen molar-refractivity contribution in [2.75, 3.05) is 37.1 Å². The lowest BCUT2D eigenvalue weighted by atomic mass is 10.1. The smallest absolute Gasteiger partial charge is 0.422 e. The normalized spacial score (nSPS) is 15.5. The SMILES string of the molecule is C=N/N=C(\OCC(F)(F)F)c1ccc(CN(c2cccc(F)c2)S(=O)N2CCNCC2)c(F)c1.CC. The van der Waals surface area contributed by atoms with Gasteiger partial charge in [-0.1, -0.05) is 26.0 Å². The third kappa shape index (κ3) is 8.64. The van der Waals surface area contributed by atoms with Gasteiger partial charge in [0.2, 0.25) is 5.90 Å². The van der Waals surface area contributed by atoms with E-state index >= 15 is 0 Å². The standard InChI is InChI=1S/C21H22F5N5O2S.C2H6/c1-27-29-20(33-14-21(24,25)26)15-5-6-16(19(23)11-15)13-31(18-4-2-3-17(22)12-18)34(32)30-9-7-28-8-10-30;1-2/h2-6,11-12,28H,1,7-10,13-14H2;1-2H3/b29-20-;. The van der Waals surface area contributed by atoms with Crippen LogP contribution in [0.1, 0.15) is 25.0 Å². The highest BCUT2D eigenvalue weighted by atomic mass is 32.2. The highest BCUT2D eigenvalue weighted by Gasteiger charge is 2.30. The molecule has 13 heteroatoms. The number of ether oxygens (including phenoxy) is 1. The zero-order valence-corrected chi connectivity index (χ0v) is 20.7. The Kier molecular flexibility index (Phi) is 11.4. The van der Waals surface area contributed by atoms with Crippen LogP contribution in [0.2, 0.25) is 0 Å². The maximum atomic E-state index is 15.0. The number of alkyl halides is 3. The largest absolute Gasteiger partial charge is 0.467 e. The molecule has 1 unspecified atom stereocenters. The van der Waals surface area contributed by atoms with Gasteiger partial charge in [-0.2, -0.15) is 18.3 Å². The van der Waals surface area contributed by atoms with E-state index in [1.54, 1.807) is 10.4 Å². The van der Waals surface area contributed by atoms with Crippen LogP contribution in [0.15, 0.2) is 52.7 Å². The van der Waals surface area contributed by atoms with Gasteiger partial charge in [0.1, 0.15) is 11.6 Å². The molecular weight excluding hydrogens is 505 g/mol. The Morgan fingerprint density at radius 1 is 1.17 bits per heavy atom. The molecule has 0 radical (unpaired) electrons. The number of hydrogen-bond donors (Lipinski definition) is 1. The number of hydrogen-bond acceptors (Lipinski definition) is 5. The summed E-state index contributed by atoms with van der Waals surface area (Å²) in [5, 5.41) is 9.71. The Morgan fingerprint density at radius 2 is 1.86 bits per heavy atom. The number of benzene rings is 2. The van der Waals surface area contributed by atoms with Gasteiger partial charge in [-0.15, -0.1) is 5.10 Å². The fourth-order valence-corrected chi connectivity index (χ4v) is 4.47. The van der Waals surface area contributed by atoms with Gasteiger partial charge in [0.15, 0.2) is 17.8 Å². The first-order chi connectivity index (χ1) is 17.2. The lowest BCUT2D eigenvalue weighted by Gasteiger charge is -2.32. The minimum absolute atomic E-state index is 0.0817. The third-order valence-corrected chi connectivity index (χ3v) is 6.25. The lowest BCUT2D eigenvalue weighted by molar-refractivity contribution is -0.156. The molecule has 7 nitrogen and oxygen atoms in total. The molecule has 1 saturated heterocycles. The molecule has 3 rings (SSSR count). The van der Waals surface area contributed by atoms with Crippen LogP contribution in [0, 0.1) is 11.6 Å². The van der Waals surface area contributed by atoms with Crippen molar-refractivity contribution in [1.29, 1.82) is 0 Å². The predicted octanol–water partition coefficient (Wildman–Crippen LogP) is 4.42. The highest BCUT2D eigenvalue weighted by molar-refractivity contribution is 7.84. The van der Waals surface area contributed by atoms with Crippen molar-refractivity contribution >= 4 is 29.5 Å². The van der Waals surface area contributed by atoms with E-state index in [2.05, 4.69) is 27.0 Å². The number of anilines is 1. The summed E-state index contributed by atoms with van der Waals surface area (Å²) in [7, 11) is 0. The molecule has 1 N–H and O–H groups in total. The zero-order chi connectivity index (χ0) is 26.7. The number of rotatable bonds is 8. The highest BCUT2D eigenvalue weighted by Crippen LogP contribution is 2.24. The molecule has 1 aliphatic rings. The van der Waals surface area contributed by atoms with Crippen molar-refractivity contribution in [3.05, 3.63) is 65.2 Å². The molecule has 36 heavy (non-hydrogen) atoms. The third-order valence-electron chi connectivity index (χ3n) is 4.73. The van der Waals surface area contributed by atoms with Crippen LogP contribution in [0.25, 0.3) is 0 Å². The summed E-state index contributed by atoms with van der Waals surface area (Å²) in [6.45, 7) is 7.43. The molecule has 0 aromatic heterocycles. The second-order valence-electron chi connectivity index (χ2n) is 7.18. The van der Waals surface area contributed by atoms with E-state index in [0.717, 1.165) is 6.07 Å². The van der Waals surface area contributed by atoms with Gasteiger partial charge in [0, 0.05) is 44.0 Å². The Balaban J connectivity index is 0.00000222. The molecule has 2 aromatic carbocycles. The molecule has 1 heterocycles. The van der Waals surface area contributed by atoms with Gasteiger partial charge in [0.25, 0.3) is 0 Å². The number of nitrogens with one attached hydrogen (secondary N) is 1. The molecule has 2 aromatic rings. The molecule has 1 fully saturated rings. The van der Waals surface area contributed by atoms with Crippen LogP contribution >= 0.6 is 0 Å². The van der Waals surface area contributed by atoms with Gasteiger partial charge in [0.05, 0.1) is 12.2 Å². The van der Waals surface area contributed by atoms with Crippen molar-refractivity contribution in [3.8, 4) is 0 Å². The van der Waals surface area contributed by atoms with E-state index in [0.29, 0.717) is 26.2 Å². The van der Waals surface area contributed by atoms with E-state index in [4.69, 9.17) is 0 Å². The molecule has 0 saturated carbocycles. The molecule has 1 atom stereocenters. The number of halogens is 5. The van der Waals surface area contributed by atoms with Gasteiger partial charge in [-0.05, 0) is 30.3 Å². The number of nitrogens with zero attached hydrogens (tertiary/aromatic N) is 4.